The number of morpholine rings is 1. The van der Waals surface area contributed by atoms with Crippen LogP contribution in [0.4, 0.5) is 21.7 Å². The lowest BCUT2D eigenvalue weighted by molar-refractivity contribution is -0.387. The highest BCUT2D eigenvalue weighted by molar-refractivity contribution is 7.99. The highest BCUT2D eigenvalue weighted by Crippen LogP contribution is 2.25. The molecule has 0 saturated carbocycles. The molecule has 172 valence electrons. The molecule has 2 aromatic carbocycles. The average molecular weight is 473 g/mol. The average Bonchev–Trinajstić information content (AvgIpc) is 3.22. The van der Waals surface area contributed by atoms with Crippen molar-refractivity contribution in [3.8, 4) is 0 Å². The molecule has 33 heavy (non-hydrogen) atoms. The summed E-state index contributed by atoms with van der Waals surface area (Å²) < 4.78 is 20.9. The molecule has 1 aliphatic rings. The van der Waals surface area contributed by atoms with Gasteiger partial charge in [-0.1, -0.05) is 42.1 Å². The maximum Gasteiger partial charge on any atom is 0.306 e. The Hall–Kier alpha value is -3.51. The van der Waals surface area contributed by atoms with Crippen LogP contribution in [0.3, 0.4) is 0 Å². The van der Waals surface area contributed by atoms with E-state index < -0.39 is 22.3 Å². The van der Waals surface area contributed by atoms with E-state index in [4.69, 9.17) is 4.74 Å². The van der Waals surface area contributed by atoms with E-state index in [1.807, 2.05) is 34.9 Å². The molecule has 2 heterocycles. The first-order valence-electron chi connectivity index (χ1n) is 10.2. The van der Waals surface area contributed by atoms with Gasteiger partial charge in [-0.3, -0.25) is 19.5 Å². The van der Waals surface area contributed by atoms with E-state index in [1.54, 1.807) is 0 Å². The monoisotopic (exact) mass is 472 g/mol. The third kappa shape index (κ3) is 5.65. The lowest BCUT2D eigenvalue weighted by Gasteiger charge is -2.28. The first kappa shape index (κ1) is 22.7. The van der Waals surface area contributed by atoms with Gasteiger partial charge in [0.05, 0.1) is 30.4 Å². The number of nitrogens with one attached hydrogen (secondary N) is 1. The molecule has 10 nitrogen and oxygen atoms in total. The lowest BCUT2D eigenvalue weighted by atomic mass is 10.2. The van der Waals surface area contributed by atoms with Crippen LogP contribution in [-0.2, 0) is 16.1 Å². The van der Waals surface area contributed by atoms with Crippen molar-refractivity contribution in [2.75, 3.05) is 42.3 Å². The molecular formula is C21H21FN6O4S. The number of benzene rings is 2. The SMILES string of the molecule is O=C(CSc1nnc(N2CCOCC2)n1Cc1ccccc1)Nc1ccc(F)c([N+](=O)[O-])c1. The van der Waals surface area contributed by atoms with Gasteiger partial charge in [-0.25, -0.2) is 0 Å². The van der Waals surface area contributed by atoms with Crippen molar-refractivity contribution in [1.29, 1.82) is 0 Å². The molecule has 1 saturated heterocycles. The number of thioether (sulfide) groups is 1. The molecule has 1 aromatic heterocycles. The van der Waals surface area contributed by atoms with E-state index in [2.05, 4.69) is 20.4 Å². The van der Waals surface area contributed by atoms with E-state index in [9.17, 15) is 19.3 Å². The maximum atomic E-state index is 13.5. The lowest BCUT2D eigenvalue weighted by Crippen LogP contribution is -2.38. The Balaban J connectivity index is 1.48. The van der Waals surface area contributed by atoms with E-state index in [-0.39, 0.29) is 11.4 Å². The van der Waals surface area contributed by atoms with Crippen molar-refractivity contribution < 1.29 is 18.8 Å². The molecule has 1 aliphatic heterocycles. The molecule has 1 N–H and O–H groups in total. The molecular weight excluding hydrogens is 451 g/mol. The van der Waals surface area contributed by atoms with Crippen molar-refractivity contribution in [3.05, 3.63) is 70.0 Å². The Morgan fingerprint density at radius 1 is 1.18 bits per heavy atom. The number of hydrogen-bond acceptors (Lipinski definition) is 8. The Kier molecular flexibility index (Phi) is 7.15. The summed E-state index contributed by atoms with van der Waals surface area (Å²) in [4.78, 5) is 24.6. The zero-order valence-electron chi connectivity index (χ0n) is 17.5. The summed E-state index contributed by atoms with van der Waals surface area (Å²) >= 11 is 1.20. The van der Waals surface area contributed by atoms with Gasteiger partial charge in [0.2, 0.25) is 17.7 Å². The topological polar surface area (TPSA) is 115 Å². The predicted octanol–water partition coefficient (Wildman–Crippen LogP) is 2.94. The number of halogens is 1. The number of hydrogen-bond donors (Lipinski definition) is 1. The van der Waals surface area contributed by atoms with Crippen LogP contribution in [-0.4, -0.2) is 57.7 Å². The molecule has 0 unspecified atom stereocenters. The molecule has 12 heteroatoms. The first-order valence-corrected chi connectivity index (χ1v) is 11.2. The molecule has 0 bridgehead atoms. The minimum absolute atomic E-state index is 0.00120. The van der Waals surface area contributed by atoms with Crippen LogP contribution in [0.15, 0.2) is 53.7 Å². The summed E-state index contributed by atoms with van der Waals surface area (Å²) in [6.07, 6.45) is 0. The summed E-state index contributed by atoms with van der Waals surface area (Å²) in [5, 5.41) is 22.7. The Labute approximate surface area is 192 Å². The number of amides is 1. The van der Waals surface area contributed by atoms with Gasteiger partial charge in [0.25, 0.3) is 0 Å². The summed E-state index contributed by atoms with van der Waals surface area (Å²) in [5.74, 6) is -0.652. The normalized spacial score (nSPS) is 13.7. The van der Waals surface area contributed by atoms with Gasteiger partial charge in [-0.15, -0.1) is 10.2 Å². The van der Waals surface area contributed by atoms with Gasteiger partial charge in [0, 0.05) is 24.8 Å². The van der Waals surface area contributed by atoms with Crippen molar-refractivity contribution in [2.45, 2.75) is 11.7 Å². The van der Waals surface area contributed by atoms with Gasteiger partial charge in [-0.05, 0) is 17.7 Å². The van der Waals surface area contributed by atoms with E-state index in [0.717, 1.165) is 17.7 Å². The molecule has 3 aromatic rings. The number of ether oxygens (including phenoxy) is 1. The van der Waals surface area contributed by atoms with Crippen LogP contribution in [0.25, 0.3) is 0 Å². The van der Waals surface area contributed by atoms with Gasteiger partial charge in [0.1, 0.15) is 0 Å². The van der Waals surface area contributed by atoms with Crippen LogP contribution in [0, 0.1) is 15.9 Å². The van der Waals surface area contributed by atoms with Crippen molar-refractivity contribution in [2.24, 2.45) is 0 Å². The number of carbonyl (C=O) groups is 1. The maximum absolute atomic E-state index is 13.5. The number of aromatic nitrogens is 3. The fourth-order valence-corrected chi connectivity index (χ4v) is 4.08. The Morgan fingerprint density at radius 3 is 2.67 bits per heavy atom. The van der Waals surface area contributed by atoms with E-state index >= 15 is 0 Å². The second kappa shape index (κ2) is 10.4. The molecule has 0 aliphatic carbocycles. The molecule has 0 radical (unpaired) electrons. The fourth-order valence-electron chi connectivity index (χ4n) is 3.35. The van der Waals surface area contributed by atoms with Gasteiger partial charge in [0.15, 0.2) is 5.16 Å². The molecule has 1 fully saturated rings. The smallest absolute Gasteiger partial charge is 0.306 e. The van der Waals surface area contributed by atoms with E-state index in [0.29, 0.717) is 44.0 Å². The highest BCUT2D eigenvalue weighted by atomic mass is 32.2. The van der Waals surface area contributed by atoms with Gasteiger partial charge < -0.3 is 15.0 Å². The minimum atomic E-state index is -0.961. The minimum Gasteiger partial charge on any atom is -0.378 e. The summed E-state index contributed by atoms with van der Waals surface area (Å²) in [6, 6.07) is 13.1. The number of rotatable bonds is 8. The molecule has 0 spiro atoms. The quantitative estimate of drug-likeness (QED) is 0.302. The Morgan fingerprint density at radius 2 is 1.94 bits per heavy atom. The number of nitrogens with zero attached hydrogens (tertiary/aromatic N) is 5. The van der Waals surface area contributed by atoms with Crippen molar-refractivity contribution in [1.82, 2.24) is 14.8 Å². The van der Waals surface area contributed by atoms with Gasteiger partial charge in [-0.2, -0.15) is 4.39 Å². The zero-order valence-corrected chi connectivity index (χ0v) is 18.3. The third-order valence-corrected chi connectivity index (χ3v) is 5.90. The highest BCUT2D eigenvalue weighted by Gasteiger charge is 2.22. The zero-order chi connectivity index (χ0) is 23.2. The van der Waals surface area contributed by atoms with Crippen molar-refractivity contribution in [3.63, 3.8) is 0 Å². The predicted molar refractivity (Wildman–Crippen MR) is 121 cm³/mol. The number of anilines is 2. The van der Waals surface area contributed by atoms with Gasteiger partial charge >= 0.3 is 5.69 Å². The number of nitro groups is 1. The van der Waals surface area contributed by atoms with Crippen molar-refractivity contribution >= 4 is 35.0 Å². The van der Waals surface area contributed by atoms with Crippen LogP contribution in [0.1, 0.15) is 5.56 Å². The number of carbonyl (C=O) groups excluding carboxylic acids is 1. The van der Waals surface area contributed by atoms with E-state index in [1.165, 1.54) is 17.8 Å². The first-order chi connectivity index (χ1) is 16.0. The summed E-state index contributed by atoms with van der Waals surface area (Å²) in [6.45, 7) is 3.14. The van der Waals surface area contributed by atoms with Crippen LogP contribution >= 0.6 is 11.8 Å². The van der Waals surface area contributed by atoms with Crippen LogP contribution < -0.4 is 10.2 Å². The summed E-state index contributed by atoms with van der Waals surface area (Å²) in [7, 11) is 0. The Bertz CT molecular complexity index is 1140. The molecule has 1 amide bonds. The van der Waals surface area contributed by atoms with Crippen LogP contribution in [0.2, 0.25) is 0 Å². The molecule has 0 atom stereocenters. The largest absolute Gasteiger partial charge is 0.378 e. The van der Waals surface area contributed by atoms with Crippen LogP contribution in [0.5, 0.6) is 0 Å². The molecule has 4 rings (SSSR count). The second-order valence-electron chi connectivity index (χ2n) is 7.21. The number of nitro benzene ring substituents is 1. The third-order valence-electron chi connectivity index (χ3n) is 4.93. The second-order valence-corrected chi connectivity index (χ2v) is 8.16. The fraction of sp³-hybridized carbons (Fsp3) is 0.286. The summed E-state index contributed by atoms with van der Waals surface area (Å²) in [5.41, 5.74) is 0.517. The standard InChI is InChI=1S/C21H21FN6O4S/c22-17-7-6-16(12-18(17)28(30)31)23-19(29)14-33-21-25-24-20(26-8-10-32-11-9-26)27(21)13-15-4-2-1-3-5-15/h1-7,12H,8-11,13-14H2,(H,23,29).